The minimum absolute atomic E-state index is 0.926. The molecule has 0 fully saturated rings. The van der Waals surface area contributed by atoms with Crippen molar-refractivity contribution >= 4 is 13.2 Å². The average Bonchev–Trinajstić information content (AvgIpc) is 2.03. The molecule has 0 saturated heterocycles. The molecular weight excluding hydrogens is 173 g/mol. The molecule has 0 aromatic heterocycles. The first-order valence-electron chi connectivity index (χ1n) is 2.65. The maximum Gasteiger partial charge on any atom is 0.419 e. The van der Waals surface area contributed by atoms with Crippen molar-refractivity contribution in [1.82, 2.24) is 5.48 Å². The Morgan fingerprint density at radius 2 is 1.73 bits per heavy atom. The SMILES string of the molecule is CONC(=O)P(=O)(OC)OC. The van der Waals surface area contributed by atoms with Gasteiger partial charge in [0.25, 0.3) is 0 Å². The van der Waals surface area contributed by atoms with E-state index >= 15 is 0 Å². The lowest BCUT2D eigenvalue weighted by molar-refractivity contribution is 0.114. The number of carbonyl (C=O) groups is 1. The van der Waals surface area contributed by atoms with Gasteiger partial charge in [-0.15, -0.1) is 0 Å². The predicted molar refractivity (Wildman–Crippen MR) is 37.2 cm³/mol. The number of carbonyl (C=O) groups excluding carboxylic acids is 1. The first kappa shape index (κ1) is 10.6. The Labute approximate surface area is 64.3 Å². The van der Waals surface area contributed by atoms with Crippen LogP contribution in [0.4, 0.5) is 4.79 Å². The van der Waals surface area contributed by atoms with Crippen LogP contribution in [0, 0.1) is 0 Å². The number of hydrogen-bond donors (Lipinski definition) is 1. The number of amides is 1. The molecule has 1 amide bonds. The van der Waals surface area contributed by atoms with E-state index in [0.717, 1.165) is 14.2 Å². The van der Waals surface area contributed by atoms with Gasteiger partial charge < -0.3 is 9.05 Å². The standard InChI is InChI=1S/C4H10NO5P/c1-8-5-4(6)11(7,9-2)10-3/h1-3H3,(H,5,6). The molecule has 0 rings (SSSR count). The highest BCUT2D eigenvalue weighted by atomic mass is 31.2. The smallest absolute Gasteiger partial charge is 0.305 e. The molecule has 0 aliphatic carbocycles. The Morgan fingerprint density at radius 3 is 2.00 bits per heavy atom. The van der Waals surface area contributed by atoms with Crippen LogP contribution in [0.3, 0.4) is 0 Å². The number of hydrogen-bond acceptors (Lipinski definition) is 5. The van der Waals surface area contributed by atoms with E-state index in [2.05, 4.69) is 13.9 Å². The zero-order valence-electron chi connectivity index (χ0n) is 6.49. The van der Waals surface area contributed by atoms with E-state index in [-0.39, 0.29) is 0 Å². The molecule has 0 unspecified atom stereocenters. The summed E-state index contributed by atoms with van der Waals surface area (Å²) in [7, 11) is -0.227. The number of rotatable bonds is 4. The Bertz CT molecular complexity index is 173. The third-order valence-corrected chi connectivity index (χ3v) is 2.47. The Hall–Kier alpha value is -0.420. The maximum atomic E-state index is 11.1. The molecule has 0 heterocycles. The van der Waals surface area contributed by atoms with Gasteiger partial charge in [-0.2, -0.15) is 0 Å². The van der Waals surface area contributed by atoms with Crippen molar-refractivity contribution in [2.24, 2.45) is 0 Å². The number of nitrogens with one attached hydrogen (secondary N) is 1. The Morgan fingerprint density at radius 1 is 1.27 bits per heavy atom. The molecule has 0 aromatic rings. The van der Waals surface area contributed by atoms with Crippen molar-refractivity contribution in [2.45, 2.75) is 0 Å². The van der Waals surface area contributed by atoms with E-state index in [1.807, 2.05) is 5.48 Å². The van der Waals surface area contributed by atoms with Crippen molar-refractivity contribution in [2.75, 3.05) is 21.3 Å². The molecule has 7 heteroatoms. The molecule has 66 valence electrons. The summed E-state index contributed by atoms with van der Waals surface area (Å²) in [6.45, 7) is 0. The fourth-order valence-electron chi connectivity index (χ4n) is 0.384. The van der Waals surface area contributed by atoms with Crippen LogP contribution >= 0.6 is 7.60 Å². The molecule has 0 bridgehead atoms. The van der Waals surface area contributed by atoms with Crippen molar-refractivity contribution in [3.05, 3.63) is 0 Å². The lowest BCUT2D eigenvalue weighted by Crippen LogP contribution is -2.21. The summed E-state index contributed by atoms with van der Waals surface area (Å²) >= 11 is 0. The summed E-state index contributed by atoms with van der Waals surface area (Å²) < 4.78 is 19.8. The first-order chi connectivity index (χ1) is 5.10. The molecule has 1 N–H and O–H groups in total. The van der Waals surface area contributed by atoms with Crippen LogP contribution in [0.2, 0.25) is 0 Å². The summed E-state index contributed by atoms with van der Waals surface area (Å²) in [5.74, 6) is 0. The van der Waals surface area contributed by atoms with Crippen molar-refractivity contribution in [3.8, 4) is 0 Å². The van der Waals surface area contributed by atoms with Gasteiger partial charge in [0.05, 0.1) is 7.11 Å². The maximum absolute atomic E-state index is 11.1. The van der Waals surface area contributed by atoms with Gasteiger partial charge in [-0.3, -0.25) is 9.63 Å². The summed E-state index contributed by atoms with van der Waals surface area (Å²) in [4.78, 5) is 15.0. The van der Waals surface area contributed by atoms with Gasteiger partial charge in [0, 0.05) is 14.2 Å². The lowest BCUT2D eigenvalue weighted by Gasteiger charge is -2.10. The number of hydroxylamine groups is 1. The van der Waals surface area contributed by atoms with E-state index in [4.69, 9.17) is 0 Å². The summed E-state index contributed by atoms with van der Waals surface area (Å²) in [5.41, 5.74) is 0.910. The normalized spacial score (nSPS) is 11.2. The van der Waals surface area contributed by atoms with E-state index in [1.54, 1.807) is 0 Å². The van der Waals surface area contributed by atoms with Gasteiger partial charge in [0.15, 0.2) is 0 Å². The molecule has 11 heavy (non-hydrogen) atoms. The van der Waals surface area contributed by atoms with Crippen molar-refractivity contribution in [1.29, 1.82) is 0 Å². The molecule has 6 nitrogen and oxygen atoms in total. The molecular formula is C4H10NO5P. The second-order valence-electron chi connectivity index (χ2n) is 1.47. The fourth-order valence-corrected chi connectivity index (χ4v) is 1.07. The van der Waals surface area contributed by atoms with E-state index in [1.165, 1.54) is 7.11 Å². The highest BCUT2D eigenvalue weighted by Crippen LogP contribution is 2.46. The van der Waals surface area contributed by atoms with Gasteiger partial charge >= 0.3 is 13.2 Å². The average molecular weight is 183 g/mol. The van der Waals surface area contributed by atoms with Gasteiger partial charge in [0.2, 0.25) is 0 Å². The molecule has 0 atom stereocenters. The molecule has 0 aliphatic heterocycles. The van der Waals surface area contributed by atoms with Crippen LogP contribution in [-0.2, 0) is 18.5 Å². The molecule has 0 aromatic carbocycles. The van der Waals surface area contributed by atoms with Crippen molar-refractivity contribution in [3.63, 3.8) is 0 Å². The topological polar surface area (TPSA) is 73.9 Å². The predicted octanol–water partition coefficient (Wildman–Crippen LogP) is 0.743. The Balaban J connectivity index is 4.26. The van der Waals surface area contributed by atoms with Gasteiger partial charge in [-0.05, 0) is 0 Å². The largest absolute Gasteiger partial charge is 0.419 e. The van der Waals surface area contributed by atoms with Crippen LogP contribution in [0.5, 0.6) is 0 Å². The lowest BCUT2D eigenvalue weighted by atomic mass is 11.4. The minimum Gasteiger partial charge on any atom is -0.305 e. The van der Waals surface area contributed by atoms with Gasteiger partial charge in [-0.25, -0.2) is 10.0 Å². The fraction of sp³-hybridized carbons (Fsp3) is 0.750. The zero-order chi connectivity index (χ0) is 8.91. The van der Waals surface area contributed by atoms with Crippen LogP contribution in [0.15, 0.2) is 0 Å². The monoisotopic (exact) mass is 183 g/mol. The summed E-state index contributed by atoms with van der Waals surface area (Å²) in [6, 6.07) is 0. The highest BCUT2D eigenvalue weighted by molar-refractivity contribution is 7.71. The van der Waals surface area contributed by atoms with E-state index < -0.39 is 13.2 Å². The highest BCUT2D eigenvalue weighted by Gasteiger charge is 2.32. The summed E-state index contributed by atoms with van der Waals surface area (Å²) in [5, 5.41) is 0. The van der Waals surface area contributed by atoms with Crippen molar-refractivity contribution < 1.29 is 23.2 Å². The van der Waals surface area contributed by atoms with Crippen LogP contribution in [0.25, 0.3) is 0 Å². The third kappa shape index (κ3) is 2.59. The second-order valence-corrected chi connectivity index (χ2v) is 3.61. The van der Waals surface area contributed by atoms with E-state index in [9.17, 15) is 9.36 Å². The zero-order valence-corrected chi connectivity index (χ0v) is 7.38. The van der Waals surface area contributed by atoms with E-state index in [0.29, 0.717) is 0 Å². The molecule has 0 aliphatic rings. The third-order valence-electron chi connectivity index (χ3n) is 0.919. The van der Waals surface area contributed by atoms with Gasteiger partial charge in [0.1, 0.15) is 0 Å². The first-order valence-corrected chi connectivity index (χ1v) is 4.20. The minimum atomic E-state index is -3.66. The van der Waals surface area contributed by atoms with Crippen LogP contribution in [-0.4, -0.2) is 27.0 Å². The molecule has 0 radical (unpaired) electrons. The van der Waals surface area contributed by atoms with Crippen LogP contribution in [0.1, 0.15) is 0 Å². The second kappa shape index (κ2) is 4.46. The Kier molecular flexibility index (Phi) is 4.29. The molecule has 0 spiro atoms. The van der Waals surface area contributed by atoms with Gasteiger partial charge in [-0.1, -0.05) is 0 Å². The molecule has 0 saturated carbocycles. The quantitative estimate of drug-likeness (QED) is 0.514. The van der Waals surface area contributed by atoms with Crippen LogP contribution < -0.4 is 5.48 Å². The summed E-state index contributed by atoms with van der Waals surface area (Å²) in [6.07, 6.45) is 0.